The Balaban J connectivity index is 0.00000300. The minimum absolute atomic E-state index is 0. The van der Waals surface area contributed by atoms with Gasteiger partial charge in [0.15, 0.2) is 5.71 Å². The molecule has 2 N–H and O–H groups in total. The van der Waals surface area contributed by atoms with E-state index in [2.05, 4.69) is 58.0 Å². The number of rotatable bonds is 4. The van der Waals surface area contributed by atoms with Gasteiger partial charge in [-0.2, -0.15) is 0 Å². The number of carbonyl (C=O) groups is 1. The van der Waals surface area contributed by atoms with Gasteiger partial charge >= 0.3 is 5.97 Å². The van der Waals surface area contributed by atoms with Crippen LogP contribution >= 0.6 is 0 Å². The molecule has 0 fully saturated rings. The molecule has 0 amide bonds. The molecule has 0 unspecified atom stereocenters. The summed E-state index contributed by atoms with van der Waals surface area (Å²) in [6.45, 7) is 0. The Kier molecular flexibility index (Phi) is 6.91. The Bertz CT molecular complexity index is 1000. The molecule has 0 bridgehead atoms. The molecular weight excluding hydrogens is 364 g/mol. The van der Waals surface area contributed by atoms with E-state index >= 15 is 0 Å². The smallest absolute Gasteiger partial charge is 0.335 e. The van der Waals surface area contributed by atoms with Crippen molar-refractivity contribution in [3.63, 3.8) is 0 Å². The van der Waals surface area contributed by atoms with Gasteiger partial charge in [0.2, 0.25) is 0 Å². The van der Waals surface area contributed by atoms with Gasteiger partial charge in [-0.15, -0.1) is 0 Å². The van der Waals surface area contributed by atoms with Crippen LogP contribution in [0.3, 0.4) is 0 Å². The van der Waals surface area contributed by atoms with Crippen molar-refractivity contribution in [3.05, 3.63) is 95.1 Å². The van der Waals surface area contributed by atoms with Gasteiger partial charge in [0.05, 0.1) is 5.56 Å². The lowest BCUT2D eigenvalue weighted by atomic mass is 9.90. The summed E-state index contributed by atoms with van der Waals surface area (Å²) in [5.41, 5.74) is 6.51. The topological polar surface area (TPSA) is 73.5 Å². The summed E-state index contributed by atoms with van der Waals surface area (Å²) in [4.78, 5) is 13.5. The summed E-state index contributed by atoms with van der Waals surface area (Å²) >= 11 is 0. The van der Waals surface area contributed by atoms with Crippen LogP contribution < -0.4 is 4.90 Å². The number of anilines is 1. The first kappa shape index (κ1) is 21.9. The van der Waals surface area contributed by atoms with E-state index in [1.165, 1.54) is 0 Å². The Labute approximate surface area is 171 Å². The zero-order chi connectivity index (χ0) is 20.3. The lowest BCUT2D eigenvalue weighted by molar-refractivity contribution is -0.462. The molecule has 0 saturated heterocycles. The summed E-state index contributed by atoms with van der Waals surface area (Å²) in [7, 11) is 8.04. The normalized spacial score (nSPS) is 12.4. The molecule has 0 saturated carbocycles. The van der Waals surface area contributed by atoms with E-state index < -0.39 is 5.97 Å². The quantitative estimate of drug-likeness (QED) is 0.803. The number of allylic oxidation sites excluding steroid dienone is 5. The van der Waals surface area contributed by atoms with Crippen molar-refractivity contribution >= 4 is 22.9 Å². The number of aromatic carboxylic acids is 1. The van der Waals surface area contributed by atoms with Crippen LogP contribution in [0.2, 0.25) is 0 Å². The average molecular weight is 390 g/mol. The Morgan fingerprint density at radius 1 is 0.862 bits per heavy atom. The lowest BCUT2D eigenvalue weighted by Gasteiger charge is -2.17. The Morgan fingerprint density at radius 3 is 1.97 bits per heavy atom. The van der Waals surface area contributed by atoms with Crippen molar-refractivity contribution < 1.29 is 20.0 Å². The predicted molar refractivity (Wildman–Crippen MR) is 118 cm³/mol. The highest BCUT2D eigenvalue weighted by Gasteiger charge is 2.15. The van der Waals surface area contributed by atoms with Gasteiger partial charge in [-0.1, -0.05) is 24.3 Å². The van der Waals surface area contributed by atoms with Gasteiger partial charge in [-0.25, -0.2) is 9.37 Å². The van der Waals surface area contributed by atoms with Gasteiger partial charge in [0.25, 0.3) is 0 Å². The number of carboxylic acid groups (broad SMARTS) is 1. The summed E-state index contributed by atoms with van der Waals surface area (Å²) in [6.07, 6.45) is 8.31. The molecule has 2 aromatic carbocycles. The maximum absolute atomic E-state index is 11.5. The van der Waals surface area contributed by atoms with E-state index in [0.29, 0.717) is 0 Å². The zero-order valence-electron chi connectivity index (χ0n) is 17.1. The van der Waals surface area contributed by atoms with E-state index in [4.69, 9.17) is 0 Å². The molecule has 0 aliphatic heterocycles. The molecule has 1 aliphatic rings. The number of hydrogen-bond acceptors (Lipinski definition) is 3. The van der Waals surface area contributed by atoms with Crippen molar-refractivity contribution in [2.75, 3.05) is 33.1 Å². The third-order valence-electron chi connectivity index (χ3n) is 4.74. The highest BCUT2D eigenvalue weighted by atomic mass is 16.4. The van der Waals surface area contributed by atoms with Crippen LogP contribution in [0.1, 0.15) is 21.5 Å². The van der Waals surface area contributed by atoms with Gasteiger partial charge in [0.1, 0.15) is 14.1 Å². The van der Waals surface area contributed by atoms with Crippen molar-refractivity contribution in [2.45, 2.75) is 0 Å². The number of hydrogen-bond donors (Lipinski definition) is 1. The van der Waals surface area contributed by atoms with Crippen molar-refractivity contribution in [1.29, 1.82) is 0 Å². The largest absolute Gasteiger partial charge is 0.870 e. The maximum atomic E-state index is 11.5. The minimum atomic E-state index is -0.924. The van der Waals surface area contributed by atoms with Gasteiger partial charge in [0, 0.05) is 31.9 Å². The van der Waals surface area contributed by atoms with Crippen LogP contribution in [0, 0.1) is 0 Å². The van der Waals surface area contributed by atoms with E-state index in [0.717, 1.165) is 33.7 Å². The number of nitrogens with zero attached hydrogens (tertiary/aromatic N) is 2. The molecule has 1 aliphatic carbocycles. The molecule has 5 nitrogen and oxygen atoms in total. The second-order valence-electron chi connectivity index (χ2n) is 7.14. The van der Waals surface area contributed by atoms with Gasteiger partial charge in [-0.3, -0.25) is 0 Å². The number of benzene rings is 2. The summed E-state index contributed by atoms with van der Waals surface area (Å²) in [6, 6.07) is 15.4. The molecule has 150 valence electrons. The molecule has 0 spiro atoms. The fraction of sp³-hybridized carbons (Fsp3) is 0.167. The predicted octanol–water partition coefficient (Wildman–Crippen LogP) is 3.92. The Hall–Kier alpha value is -3.44. The fourth-order valence-corrected chi connectivity index (χ4v) is 3.16. The first-order chi connectivity index (χ1) is 13.4. The van der Waals surface area contributed by atoms with Crippen molar-refractivity contribution in [2.24, 2.45) is 0 Å². The maximum Gasteiger partial charge on any atom is 0.335 e. The number of carboxylic acids is 1. The first-order valence-electron chi connectivity index (χ1n) is 9.13. The van der Waals surface area contributed by atoms with Crippen LogP contribution in [-0.2, 0) is 0 Å². The SMILES string of the molecule is CN(C)c1ccc(C(=C2C=CC(=[N+](C)C)C=C2)c2cccc(C(=O)O)c2)cc1.[OH-]. The fourth-order valence-electron chi connectivity index (χ4n) is 3.16. The summed E-state index contributed by atoms with van der Waals surface area (Å²) in [5, 5.41) is 9.41. The van der Waals surface area contributed by atoms with Gasteiger partial charge < -0.3 is 15.5 Å². The van der Waals surface area contributed by atoms with Gasteiger partial charge in [-0.05, 0) is 58.7 Å². The molecule has 0 atom stereocenters. The molecular formula is C24H26N2O3. The van der Waals surface area contributed by atoms with Crippen molar-refractivity contribution in [3.8, 4) is 0 Å². The molecule has 2 aromatic rings. The minimum Gasteiger partial charge on any atom is -0.870 e. The van der Waals surface area contributed by atoms with Crippen LogP contribution in [0.5, 0.6) is 0 Å². The summed E-state index contributed by atoms with van der Waals surface area (Å²) < 4.78 is 2.06. The van der Waals surface area contributed by atoms with Crippen LogP contribution in [0.15, 0.2) is 78.4 Å². The van der Waals surface area contributed by atoms with Crippen LogP contribution in [-0.4, -0.2) is 55.0 Å². The highest BCUT2D eigenvalue weighted by molar-refractivity contribution is 6.04. The highest BCUT2D eigenvalue weighted by Crippen LogP contribution is 2.31. The summed E-state index contributed by atoms with van der Waals surface area (Å²) in [5.74, 6) is -0.924. The second kappa shape index (κ2) is 9.17. The third kappa shape index (κ3) is 4.89. The lowest BCUT2D eigenvalue weighted by Crippen LogP contribution is -2.10. The van der Waals surface area contributed by atoms with E-state index in [1.807, 2.05) is 34.3 Å². The standard InChI is InChI=1S/C24H24N2O2.H2O/c1-25(2)21-12-8-17(9-13-21)23(18-10-14-22(15-11-18)26(3)4)19-6-5-7-20(16-19)24(27)28;/h5-16H,1-4H3;1H2. The zero-order valence-corrected chi connectivity index (χ0v) is 17.1. The monoisotopic (exact) mass is 390 g/mol. The Morgan fingerprint density at radius 2 is 1.45 bits per heavy atom. The molecule has 0 heterocycles. The average Bonchev–Trinajstić information content (AvgIpc) is 2.69. The van der Waals surface area contributed by atoms with E-state index in [1.54, 1.807) is 18.2 Å². The van der Waals surface area contributed by atoms with Crippen LogP contribution in [0.4, 0.5) is 5.69 Å². The molecule has 0 aromatic heterocycles. The van der Waals surface area contributed by atoms with E-state index in [-0.39, 0.29) is 11.0 Å². The van der Waals surface area contributed by atoms with Crippen LogP contribution in [0.25, 0.3) is 5.57 Å². The molecule has 3 rings (SSSR count). The first-order valence-corrected chi connectivity index (χ1v) is 9.13. The molecule has 29 heavy (non-hydrogen) atoms. The van der Waals surface area contributed by atoms with E-state index in [9.17, 15) is 9.90 Å². The molecule has 5 heteroatoms. The third-order valence-corrected chi connectivity index (χ3v) is 4.74. The molecule has 0 radical (unpaired) electrons. The van der Waals surface area contributed by atoms with Crippen molar-refractivity contribution in [1.82, 2.24) is 0 Å². The second-order valence-corrected chi connectivity index (χ2v) is 7.14.